The lowest BCUT2D eigenvalue weighted by Crippen LogP contribution is -1.85. The summed E-state index contributed by atoms with van der Waals surface area (Å²) in [6.07, 6.45) is 0.930. The largest absolute Gasteiger partial charge is 0.297 e. The van der Waals surface area contributed by atoms with Gasteiger partial charge in [-0.2, -0.15) is 0 Å². The Balaban J connectivity index is 2.59. The van der Waals surface area contributed by atoms with E-state index >= 15 is 0 Å². The van der Waals surface area contributed by atoms with Crippen LogP contribution in [0, 0.1) is 13.8 Å². The Kier molecular flexibility index (Phi) is 2.69. The minimum atomic E-state index is 0.807. The fourth-order valence-electron chi connectivity index (χ4n) is 1.75. The van der Waals surface area contributed by atoms with Crippen molar-refractivity contribution in [2.75, 3.05) is 0 Å². The predicted molar refractivity (Wildman–Crippen MR) is 64.6 cm³/mol. The van der Waals surface area contributed by atoms with E-state index in [2.05, 4.69) is 32.0 Å². The van der Waals surface area contributed by atoms with Crippen LogP contribution in [0.5, 0.6) is 0 Å². The Morgan fingerprint density at radius 1 is 1.13 bits per heavy atom. The monoisotopic (exact) mass is 216 g/mol. The molecule has 0 saturated carbocycles. The van der Waals surface area contributed by atoms with Gasteiger partial charge < -0.3 is 0 Å². The topological polar surface area (TPSA) is 17.1 Å². The van der Waals surface area contributed by atoms with Gasteiger partial charge in [-0.15, -0.1) is 11.3 Å². The van der Waals surface area contributed by atoms with Crippen LogP contribution >= 0.6 is 11.3 Å². The van der Waals surface area contributed by atoms with Gasteiger partial charge in [0.25, 0.3) is 0 Å². The molecule has 1 nitrogen and oxygen atoms in total. The van der Waals surface area contributed by atoms with E-state index in [0.29, 0.717) is 0 Å². The van der Waals surface area contributed by atoms with E-state index in [9.17, 15) is 4.79 Å². The van der Waals surface area contributed by atoms with Crippen molar-refractivity contribution in [1.82, 2.24) is 0 Å². The summed E-state index contributed by atoms with van der Waals surface area (Å²) in [5.41, 5.74) is 4.67. The number of hydrogen-bond donors (Lipinski definition) is 0. The lowest BCUT2D eigenvalue weighted by Gasteiger charge is -2.05. The molecule has 2 heteroatoms. The summed E-state index contributed by atoms with van der Waals surface area (Å²) in [6.45, 7) is 4.15. The molecule has 0 unspecified atom stereocenters. The van der Waals surface area contributed by atoms with Crippen molar-refractivity contribution >= 4 is 17.6 Å². The number of aryl methyl sites for hydroxylation is 2. The van der Waals surface area contributed by atoms with E-state index < -0.39 is 0 Å². The molecule has 2 rings (SSSR count). The molecule has 15 heavy (non-hydrogen) atoms. The highest BCUT2D eigenvalue weighted by Crippen LogP contribution is 2.29. The maximum absolute atomic E-state index is 10.9. The van der Waals surface area contributed by atoms with Gasteiger partial charge in [0.05, 0.1) is 4.88 Å². The zero-order valence-corrected chi connectivity index (χ0v) is 9.60. The second kappa shape index (κ2) is 3.99. The van der Waals surface area contributed by atoms with Gasteiger partial charge in [0.1, 0.15) is 0 Å². The minimum absolute atomic E-state index is 0.807. The fourth-order valence-corrected chi connectivity index (χ4v) is 2.46. The number of carbonyl (C=O) groups excluding carboxylic acids is 1. The van der Waals surface area contributed by atoms with Crippen LogP contribution in [0.2, 0.25) is 0 Å². The highest BCUT2D eigenvalue weighted by Gasteiger charge is 2.07. The van der Waals surface area contributed by atoms with Gasteiger partial charge in [0.15, 0.2) is 6.29 Å². The maximum Gasteiger partial charge on any atom is 0.160 e. The predicted octanol–water partition coefficient (Wildman–Crippen LogP) is 3.84. The summed E-state index contributed by atoms with van der Waals surface area (Å²) in [5.74, 6) is 0. The van der Waals surface area contributed by atoms with Crippen molar-refractivity contribution in [3.63, 3.8) is 0 Å². The van der Waals surface area contributed by atoms with E-state index in [1.807, 2.05) is 11.4 Å². The maximum atomic E-state index is 10.9. The Bertz CT molecular complexity index is 497. The van der Waals surface area contributed by atoms with Crippen molar-refractivity contribution in [1.29, 1.82) is 0 Å². The Morgan fingerprint density at radius 3 is 2.60 bits per heavy atom. The summed E-state index contributed by atoms with van der Waals surface area (Å²) in [7, 11) is 0. The van der Waals surface area contributed by atoms with Crippen LogP contribution in [-0.2, 0) is 0 Å². The molecule has 1 heterocycles. The zero-order valence-electron chi connectivity index (χ0n) is 8.78. The second-order valence-corrected chi connectivity index (χ2v) is 4.58. The molecule has 0 radical (unpaired) electrons. The minimum Gasteiger partial charge on any atom is -0.297 e. The summed E-state index contributed by atoms with van der Waals surface area (Å²) in [6, 6.07) is 8.31. The molecule has 0 N–H and O–H groups in total. The van der Waals surface area contributed by atoms with Gasteiger partial charge in [-0.25, -0.2) is 0 Å². The third-order valence-electron chi connectivity index (χ3n) is 2.47. The molecular formula is C13H12OS. The van der Waals surface area contributed by atoms with Crippen LogP contribution in [0.4, 0.5) is 0 Å². The molecule has 1 aromatic heterocycles. The summed E-state index contributed by atoms with van der Waals surface area (Å²) in [5, 5.41) is 1.96. The first kappa shape index (κ1) is 10.1. The number of thiophene rings is 1. The van der Waals surface area contributed by atoms with Crippen LogP contribution in [0.25, 0.3) is 11.1 Å². The normalized spacial score (nSPS) is 10.3. The van der Waals surface area contributed by atoms with E-state index in [4.69, 9.17) is 0 Å². The van der Waals surface area contributed by atoms with Crippen LogP contribution in [0.15, 0.2) is 29.6 Å². The first-order chi connectivity index (χ1) is 7.22. The van der Waals surface area contributed by atoms with Crippen LogP contribution in [0.3, 0.4) is 0 Å². The Hall–Kier alpha value is -1.41. The molecule has 1 aromatic carbocycles. The average molecular weight is 216 g/mol. The number of rotatable bonds is 2. The molecule has 76 valence electrons. The van der Waals surface area contributed by atoms with Crippen LogP contribution in [-0.4, -0.2) is 6.29 Å². The van der Waals surface area contributed by atoms with Gasteiger partial charge in [-0.1, -0.05) is 23.8 Å². The average Bonchev–Trinajstić information content (AvgIpc) is 2.65. The van der Waals surface area contributed by atoms with Gasteiger partial charge in [-0.05, 0) is 36.4 Å². The molecule has 0 amide bonds. The van der Waals surface area contributed by atoms with E-state index in [1.165, 1.54) is 22.5 Å². The molecule has 0 aliphatic carbocycles. The van der Waals surface area contributed by atoms with Gasteiger partial charge >= 0.3 is 0 Å². The van der Waals surface area contributed by atoms with Crippen molar-refractivity contribution in [2.24, 2.45) is 0 Å². The van der Waals surface area contributed by atoms with Crippen molar-refractivity contribution < 1.29 is 4.79 Å². The molecule has 0 spiro atoms. The molecule has 0 atom stereocenters. The highest BCUT2D eigenvalue weighted by atomic mass is 32.1. The Morgan fingerprint density at radius 2 is 1.93 bits per heavy atom. The van der Waals surface area contributed by atoms with Crippen LogP contribution < -0.4 is 0 Å². The summed E-state index contributed by atoms with van der Waals surface area (Å²) < 4.78 is 0. The molecule has 0 saturated heterocycles. The van der Waals surface area contributed by atoms with Gasteiger partial charge in [0, 0.05) is 5.56 Å². The number of carbonyl (C=O) groups is 1. The second-order valence-electron chi connectivity index (χ2n) is 3.63. The van der Waals surface area contributed by atoms with Crippen molar-refractivity contribution in [3.8, 4) is 11.1 Å². The molecule has 0 bridgehead atoms. The standard InChI is InChI=1S/C13H12OS/c1-9-3-4-11(10(2)7-9)12-5-6-15-13(12)8-14/h3-8H,1-2H3. The smallest absolute Gasteiger partial charge is 0.160 e. The Labute approximate surface area is 93.4 Å². The third kappa shape index (κ3) is 1.85. The molecule has 0 aliphatic heterocycles. The third-order valence-corrected chi connectivity index (χ3v) is 3.32. The van der Waals surface area contributed by atoms with Crippen molar-refractivity contribution in [3.05, 3.63) is 45.6 Å². The quantitative estimate of drug-likeness (QED) is 0.697. The SMILES string of the molecule is Cc1ccc(-c2ccsc2C=O)c(C)c1. The van der Waals surface area contributed by atoms with E-state index in [-0.39, 0.29) is 0 Å². The summed E-state index contributed by atoms with van der Waals surface area (Å²) >= 11 is 1.49. The first-order valence-corrected chi connectivity index (χ1v) is 5.70. The zero-order chi connectivity index (χ0) is 10.8. The molecule has 0 aliphatic rings. The molecular weight excluding hydrogens is 204 g/mol. The molecule has 2 aromatic rings. The van der Waals surface area contributed by atoms with E-state index in [1.54, 1.807) is 0 Å². The lowest BCUT2D eigenvalue weighted by molar-refractivity contribution is 0.112. The summed E-state index contributed by atoms with van der Waals surface area (Å²) in [4.78, 5) is 11.7. The van der Waals surface area contributed by atoms with Crippen molar-refractivity contribution in [2.45, 2.75) is 13.8 Å². The highest BCUT2D eigenvalue weighted by molar-refractivity contribution is 7.12. The number of hydrogen-bond acceptors (Lipinski definition) is 2. The van der Waals surface area contributed by atoms with Gasteiger partial charge in [0.2, 0.25) is 0 Å². The van der Waals surface area contributed by atoms with E-state index in [0.717, 1.165) is 22.3 Å². The lowest BCUT2D eigenvalue weighted by atomic mass is 9.99. The van der Waals surface area contributed by atoms with Crippen LogP contribution in [0.1, 0.15) is 20.8 Å². The first-order valence-electron chi connectivity index (χ1n) is 4.82. The fraction of sp³-hybridized carbons (Fsp3) is 0.154. The van der Waals surface area contributed by atoms with Gasteiger partial charge in [-0.3, -0.25) is 4.79 Å². The number of benzene rings is 1. The number of aldehydes is 1. The molecule has 0 fully saturated rings.